The average molecular weight is 902 g/mol. The van der Waals surface area contributed by atoms with Gasteiger partial charge in [0.05, 0.1) is 25.2 Å². The summed E-state index contributed by atoms with van der Waals surface area (Å²) < 4.78 is 5.88. The SMILES string of the molecule is CC/C=C\C/C=C\C/C=C\C/C=C\C/C=C\CCCC(=O)OC(CCC/C=C\C/C=C\C/C=C\C/C=C\CCCCC)CC(=O)NC(CO)C(O)CCCCCCCCCCCCCC. The number of carbonyl (C=O) groups excluding carboxylic acids is 2. The van der Waals surface area contributed by atoms with Gasteiger partial charge in [0.25, 0.3) is 0 Å². The summed E-state index contributed by atoms with van der Waals surface area (Å²) in [6.07, 6.45) is 70.1. The fourth-order valence-electron chi connectivity index (χ4n) is 7.34. The van der Waals surface area contributed by atoms with Crippen LogP contribution in [0.2, 0.25) is 0 Å². The van der Waals surface area contributed by atoms with Crippen molar-refractivity contribution in [3.05, 3.63) is 109 Å². The molecule has 6 heteroatoms. The van der Waals surface area contributed by atoms with E-state index in [1.165, 1.54) is 83.5 Å². The molecule has 0 spiro atoms. The Morgan fingerprint density at radius 2 is 0.846 bits per heavy atom. The van der Waals surface area contributed by atoms with Gasteiger partial charge in [-0.2, -0.15) is 0 Å². The van der Waals surface area contributed by atoms with Gasteiger partial charge in [-0.15, -0.1) is 0 Å². The lowest BCUT2D eigenvalue weighted by atomic mass is 10.0. The molecule has 0 bridgehead atoms. The molecule has 370 valence electrons. The van der Waals surface area contributed by atoms with E-state index < -0.39 is 18.2 Å². The van der Waals surface area contributed by atoms with Crippen LogP contribution in [0.25, 0.3) is 0 Å². The molecule has 0 saturated heterocycles. The Hall–Kier alpha value is -3.48. The van der Waals surface area contributed by atoms with E-state index in [4.69, 9.17) is 4.74 Å². The Labute approximate surface area is 400 Å². The zero-order valence-electron chi connectivity index (χ0n) is 42.1. The van der Waals surface area contributed by atoms with E-state index in [-0.39, 0.29) is 24.9 Å². The highest BCUT2D eigenvalue weighted by molar-refractivity contribution is 5.77. The maximum atomic E-state index is 13.2. The highest BCUT2D eigenvalue weighted by Crippen LogP contribution is 2.16. The van der Waals surface area contributed by atoms with Crippen molar-refractivity contribution in [3.63, 3.8) is 0 Å². The van der Waals surface area contributed by atoms with E-state index in [9.17, 15) is 19.8 Å². The Bertz CT molecular complexity index is 1330. The number of rotatable bonds is 46. The van der Waals surface area contributed by atoms with Gasteiger partial charge >= 0.3 is 5.97 Å². The Kier molecular flexibility index (Phi) is 48.7. The molecule has 65 heavy (non-hydrogen) atoms. The number of allylic oxidation sites excluding steroid dienone is 18. The summed E-state index contributed by atoms with van der Waals surface area (Å²) in [6, 6.07) is -0.737. The number of nitrogens with one attached hydrogen (secondary N) is 1. The lowest BCUT2D eigenvalue weighted by Crippen LogP contribution is -2.46. The summed E-state index contributed by atoms with van der Waals surface area (Å²) in [5, 5.41) is 23.8. The van der Waals surface area contributed by atoms with Gasteiger partial charge in [-0.1, -0.05) is 220 Å². The monoisotopic (exact) mass is 902 g/mol. The number of ether oxygens (including phenoxy) is 1. The van der Waals surface area contributed by atoms with Crippen LogP contribution >= 0.6 is 0 Å². The maximum Gasteiger partial charge on any atom is 0.306 e. The summed E-state index contributed by atoms with van der Waals surface area (Å²) in [4.78, 5) is 26.2. The normalized spacial score (nSPS) is 14.1. The van der Waals surface area contributed by atoms with E-state index in [1.54, 1.807) is 0 Å². The first-order valence-corrected chi connectivity index (χ1v) is 26.6. The van der Waals surface area contributed by atoms with Gasteiger partial charge in [0, 0.05) is 6.42 Å². The summed E-state index contributed by atoms with van der Waals surface area (Å²) in [5.74, 6) is -0.606. The third kappa shape index (κ3) is 46.8. The zero-order chi connectivity index (χ0) is 47.4. The van der Waals surface area contributed by atoms with Crippen LogP contribution < -0.4 is 5.32 Å². The summed E-state index contributed by atoms with van der Waals surface area (Å²) in [5.41, 5.74) is 0. The first-order chi connectivity index (χ1) is 32.0. The summed E-state index contributed by atoms with van der Waals surface area (Å²) in [6.45, 7) is 6.30. The summed E-state index contributed by atoms with van der Waals surface area (Å²) in [7, 11) is 0. The molecule has 0 aromatic carbocycles. The van der Waals surface area contributed by atoms with E-state index in [0.717, 1.165) is 89.9 Å². The van der Waals surface area contributed by atoms with Gasteiger partial charge in [0.15, 0.2) is 0 Å². The van der Waals surface area contributed by atoms with Crippen molar-refractivity contribution in [2.75, 3.05) is 6.61 Å². The van der Waals surface area contributed by atoms with Crippen molar-refractivity contribution in [2.45, 2.75) is 244 Å². The van der Waals surface area contributed by atoms with Gasteiger partial charge in [0.1, 0.15) is 6.10 Å². The van der Waals surface area contributed by atoms with Crippen LogP contribution in [-0.4, -0.2) is 46.9 Å². The van der Waals surface area contributed by atoms with Crippen LogP contribution in [0.1, 0.15) is 226 Å². The molecule has 3 N–H and O–H groups in total. The molecule has 0 saturated carbocycles. The van der Waals surface area contributed by atoms with Crippen molar-refractivity contribution in [3.8, 4) is 0 Å². The molecule has 0 rings (SSSR count). The number of carbonyl (C=O) groups is 2. The topological polar surface area (TPSA) is 95.9 Å². The minimum Gasteiger partial charge on any atom is -0.462 e. The summed E-state index contributed by atoms with van der Waals surface area (Å²) >= 11 is 0. The highest BCUT2D eigenvalue weighted by Gasteiger charge is 2.24. The fraction of sp³-hybridized carbons (Fsp3) is 0.661. The molecule has 0 aromatic heterocycles. The highest BCUT2D eigenvalue weighted by atomic mass is 16.5. The van der Waals surface area contributed by atoms with Crippen LogP contribution in [0.15, 0.2) is 109 Å². The molecule has 0 aliphatic carbocycles. The molecular weight excluding hydrogens is 803 g/mol. The number of hydrogen-bond donors (Lipinski definition) is 3. The average Bonchev–Trinajstić information content (AvgIpc) is 3.30. The predicted octanol–water partition coefficient (Wildman–Crippen LogP) is 16.3. The van der Waals surface area contributed by atoms with Crippen LogP contribution in [0.3, 0.4) is 0 Å². The van der Waals surface area contributed by atoms with E-state index >= 15 is 0 Å². The molecule has 3 atom stereocenters. The lowest BCUT2D eigenvalue weighted by Gasteiger charge is -2.24. The minimum atomic E-state index is -0.818. The predicted molar refractivity (Wildman–Crippen MR) is 282 cm³/mol. The smallest absolute Gasteiger partial charge is 0.306 e. The molecule has 0 aliphatic rings. The van der Waals surface area contributed by atoms with Crippen LogP contribution in [0.5, 0.6) is 0 Å². The Morgan fingerprint density at radius 1 is 0.462 bits per heavy atom. The van der Waals surface area contributed by atoms with Gasteiger partial charge in [-0.05, 0) is 103 Å². The lowest BCUT2D eigenvalue weighted by molar-refractivity contribution is -0.151. The second-order valence-corrected chi connectivity index (χ2v) is 17.5. The number of esters is 1. The van der Waals surface area contributed by atoms with Crippen molar-refractivity contribution in [1.29, 1.82) is 0 Å². The molecular formula is C59H99NO5. The van der Waals surface area contributed by atoms with Crippen LogP contribution in [0.4, 0.5) is 0 Å². The van der Waals surface area contributed by atoms with E-state index in [2.05, 4.69) is 135 Å². The third-order valence-electron chi connectivity index (χ3n) is 11.3. The van der Waals surface area contributed by atoms with E-state index in [1.807, 2.05) is 0 Å². The van der Waals surface area contributed by atoms with Gasteiger partial charge in [-0.3, -0.25) is 9.59 Å². The van der Waals surface area contributed by atoms with Crippen molar-refractivity contribution in [2.24, 2.45) is 0 Å². The standard InChI is InChI=1S/C59H99NO5/c1-4-7-10-13-16-19-22-25-27-29-31-33-35-38-41-44-47-50-55(65-59(64)52-49-46-43-40-37-34-32-30-28-26-23-20-17-14-11-8-5-2)53-58(63)60-56(54-61)57(62)51-48-45-42-39-36-24-21-18-15-12-9-6-3/h8,11,16-17,19-20,25-28,31-34,38,40-41,43,55-57,61-62H,4-7,9-10,12-15,18,21-24,29-30,35-37,39,42,44-54H2,1-3H3,(H,60,63)/b11-8-,19-16-,20-17-,27-25-,28-26-,33-31-,34-32-,41-38-,43-40-. The molecule has 1 amide bonds. The van der Waals surface area contributed by atoms with E-state index in [0.29, 0.717) is 25.7 Å². The maximum absolute atomic E-state index is 13.2. The van der Waals surface area contributed by atoms with Gasteiger partial charge in [0.2, 0.25) is 5.91 Å². The van der Waals surface area contributed by atoms with Crippen molar-refractivity contribution in [1.82, 2.24) is 5.32 Å². The molecule has 0 radical (unpaired) electrons. The molecule has 0 aliphatic heterocycles. The second kappa shape index (κ2) is 51.5. The number of unbranched alkanes of at least 4 members (excludes halogenated alkanes) is 16. The number of aliphatic hydroxyl groups is 2. The minimum absolute atomic E-state index is 0.0109. The fourth-order valence-corrected chi connectivity index (χ4v) is 7.34. The molecule has 0 heterocycles. The van der Waals surface area contributed by atoms with Crippen molar-refractivity contribution >= 4 is 11.9 Å². The van der Waals surface area contributed by atoms with Crippen LogP contribution in [0, 0.1) is 0 Å². The molecule has 3 unspecified atom stereocenters. The van der Waals surface area contributed by atoms with Gasteiger partial charge < -0.3 is 20.3 Å². The first kappa shape index (κ1) is 61.5. The Morgan fingerprint density at radius 3 is 1.29 bits per heavy atom. The first-order valence-electron chi connectivity index (χ1n) is 26.6. The Balaban J connectivity index is 4.81. The number of aliphatic hydroxyl groups excluding tert-OH is 2. The van der Waals surface area contributed by atoms with Crippen molar-refractivity contribution < 1.29 is 24.5 Å². The molecule has 6 nitrogen and oxygen atoms in total. The quantitative estimate of drug-likeness (QED) is 0.0321. The largest absolute Gasteiger partial charge is 0.462 e. The van der Waals surface area contributed by atoms with Crippen LogP contribution in [-0.2, 0) is 14.3 Å². The number of amides is 1. The molecule has 0 aromatic rings. The van der Waals surface area contributed by atoms with Gasteiger partial charge in [-0.25, -0.2) is 0 Å². The number of hydrogen-bond acceptors (Lipinski definition) is 5. The third-order valence-corrected chi connectivity index (χ3v) is 11.3. The zero-order valence-corrected chi connectivity index (χ0v) is 42.1. The molecule has 0 fully saturated rings. The second-order valence-electron chi connectivity index (χ2n) is 17.5.